The minimum absolute atomic E-state index is 0. The van der Waals surface area contributed by atoms with Crippen LogP contribution in [0.25, 0.3) is 0 Å². The Morgan fingerprint density at radius 1 is 1.21 bits per heavy atom. The molecule has 2 N–H and O–H groups in total. The SMILES string of the molecule is CCNC(=NCC(CCO)CC(C)C)N(C)Cc1cc(OC)c(OC)cc1C.I. The van der Waals surface area contributed by atoms with Crippen LogP contribution >= 0.6 is 24.0 Å². The van der Waals surface area contributed by atoms with Crippen LogP contribution in [0.3, 0.4) is 0 Å². The van der Waals surface area contributed by atoms with E-state index in [2.05, 4.69) is 37.9 Å². The van der Waals surface area contributed by atoms with Crippen LogP contribution in [0, 0.1) is 18.8 Å². The molecule has 1 rings (SSSR count). The predicted octanol–water partition coefficient (Wildman–Crippen LogP) is 4.07. The summed E-state index contributed by atoms with van der Waals surface area (Å²) in [5.74, 6) is 3.35. The molecule has 0 saturated carbocycles. The van der Waals surface area contributed by atoms with E-state index in [0.29, 0.717) is 18.4 Å². The van der Waals surface area contributed by atoms with Gasteiger partial charge in [-0.3, -0.25) is 4.99 Å². The summed E-state index contributed by atoms with van der Waals surface area (Å²) in [5.41, 5.74) is 2.32. The van der Waals surface area contributed by atoms with Crippen molar-refractivity contribution in [3.05, 3.63) is 23.3 Å². The number of aryl methyl sites for hydroxylation is 1. The molecule has 0 heterocycles. The van der Waals surface area contributed by atoms with Gasteiger partial charge in [-0.25, -0.2) is 0 Å². The molecule has 0 radical (unpaired) electrons. The molecule has 7 heteroatoms. The predicted molar refractivity (Wildman–Crippen MR) is 132 cm³/mol. The fourth-order valence-corrected chi connectivity index (χ4v) is 3.34. The minimum atomic E-state index is 0. The van der Waals surface area contributed by atoms with E-state index in [9.17, 15) is 5.11 Å². The van der Waals surface area contributed by atoms with Gasteiger partial charge in [-0.1, -0.05) is 13.8 Å². The normalized spacial score (nSPS) is 12.4. The number of guanidine groups is 1. The van der Waals surface area contributed by atoms with E-state index in [-0.39, 0.29) is 30.6 Å². The number of methoxy groups -OCH3 is 2. The standard InChI is InChI=1S/C22H39N3O3.HI/c1-8-23-22(24-14-18(9-10-26)11-16(2)3)25(5)15-19-13-21(28-7)20(27-6)12-17(19)4;/h12-13,16,18,26H,8-11,14-15H2,1-7H3,(H,23,24);1H. The number of hydrogen-bond acceptors (Lipinski definition) is 4. The molecule has 1 atom stereocenters. The second-order valence-electron chi connectivity index (χ2n) is 7.69. The number of nitrogens with one attached hydrogen (secondary N) is 1. The number of ether oxygens (including phenoxy) is 2. The Bertz CT molecular complexity index is 624. The summed E-state index contributed by atoms with van der Waals surface area (Å²) in [6.45, 7) is 11.0. The zero-order valence-electron chi connectivity index (χ0n) is 19.1. The molecule has 0 aliphatic carbocycles. The highest BCUT2D eigenvalue weighted by atomic mass is 127. The van der Waals surface area contributed by atoms with Crippen LogP contribution in [-0.4, -0.2) is 56.9 Å². The van der Waals surface area contributed by atoms with Crippen molar-refractivity contribution in [1.82, 2.24) is 10.2 Å². The van der Waals surface area contributed by atoms with Gasteiger partial charge in [0.25, 0.3) is 0 Å². The van der Waals surface area contributed by atoms with Gasteiger partial charge in [0, 0.05) is 33.3 Å². The maximum Gasteiger partial charge on any atom is 0.193 e. The van der Waals surface area contributed by atoms with E-state index in [0.717, 1.165) is 49.0 Å². The molecule has 0 spiro atoms. The summed E-state index contributed by atoms with van der Waals surface area (Å²) in [7, 11) is 5.35. The third-order valence-electron chi connectivity index (χ3n) is 4.79. The van der Waals surface area contributed by atoms with Gasteiger partial charge < -0.3 is 24.8 Å². The van der Waals surface area contributed by atoms with Crippen LogP contribution in [0.5, 0.6) is 11.5 Å². The number of aliphatic hydroxyl groups is 1. The fraction of sp³-hybridized carbons (Fsp3) is 0.682. The van der Waals surface area contributed by atoms with Crippen molar-refractivity contribution in [2.75, 3.05) is 41.0 Å². The third-order valence-corrected chi connectivity index (χ3v) is 4.79. The Balaban J connectivity index is 0.00000784. The molecule has 0 fully saturated rings. The van der Waals surface area contributed by atoms with E-state index in [1.54, 1.807) is 14.2 Å². The summed E-state index contributed by atoms with van der Waals surface area (Å²) in [4.78, 5) is 6.98. The topological polar surface area (TPSA) is 66.3 Å². The lowest BCUT2D eigenvalue weighted by Crippen LogP contribution is -2.39. The van der Waals surface area contributed by atoms with Crippen molar-refractivity contribution in [2.24, 2.45) is 16.8 Å². The Labute approximate surface area is 194 Å². The highest BCUT2D eigenvalue weighted by molar-refractivity contribution is 14.0. The summed E-state index contributed by atoms with van der Waals surface area (Å²) in [6, 6.07) is 4.04. The molecule has 29 heavy (non-hydrogen) atoms. The van der Waals surface area contributed by atoms with Gasteiger partial charge in [-0.2, -0.15) is 0 Å². The highest BCUT2D eigenvalue weighted by Crippen LogP contribution is 2.30. The van der Waals surface area contributed by atoms with Crippen LogP contribution in [0.2, 0.25) is 0 Å². The molecule has 1 aromatic rings. The van der Waals surface area contributed by atoms with Crippen LogP contribution in [0.15, 0.2) is 17.1 Å². The molecule has 0 aliphatic heterocycles. The van der Waals surface area contributed by atoms with Gasteiger partial charge in [0.1, 0.15) is 0 Å². The molecular formula is C22H40IN3O3. The number of benzene rings is 1. The van der Waals surface area contributed by atoms with Gasteiger partial charge in [-0.05, 0) is 61.8 Å². The molecule has 0 amide bonds. The molecule has 0 bridgehead atoms. The summed E-state index contributed by atoms with van der Waals surface area (Å²) < 4.78 is 10.8. The first-order chi connectivity index (χ1) is 13.4. The van der Waals surface area contributed by atoms with E-state index in [1.165, 1.54) is 5.56 Å². The van der Waals surface area contributed by atoms with Crippen LogP contribution < -0.4 is 14.8 Å². The quantitative estimate of drug-likeness (QED) is 0.261. The monoisotopic (exact) mass is 521 g/mol. The Hall–Kier alpha value is -1.22. The average molecular weight is 521 g/mol. The third kappa shape index (κ3) is 9.42. The second-order valence-corrected chi connectivity index (χ2v) is 7.69. The van der Waals surface area contributed by atoms with Gasteiger partial charge in [0.2, 0.25) is 0 Å². The zero-order valence-corrected chi connectivity index (χ0v) is 21.4. The summed E-state index contributed by atoms with van der Waals surface area (Å²) >= 11 is 0. The molecule has 0 aromatic heterocycles. The molecule has 168 valence electrons. The number of hydrogen-bond donors (Lipinski definition) is 2. The zero-order chi connectivity index (χ0) is 21.1. The Kier molecular flexibility index (Phi) is 14.1. The number of rotatable bonds is 11. The van der Waals surface area contributed by atoms with Crippen molar-refractivity contribution in [3.63, 3.8) is 0 Å². The van der Waals surface area contributed by atoms with E-state index >= 15 is 0 Å². The summed E-state index contributed by atoms with van der Waals surface area (Å²) in [6.07, 6.45) is 1.86. The molecule has 1 unspecified atom stereocenters. The Morgan fingerprint density at radius 2 is 1.83 bits per heavy atom. The van der Waals surface area contributed by atoms with E-state index < -0.39 is 0 Å². The van der Waals surface area contributed by atoms with Gasteiger partial charge >= 0.3 is 0 Å². The van der Waals surface area contributed by atoms with Crippen molar-refractivity contribution in [2.45, 2.75) is 47.1 Å². The van der Waals surface area contributed by atoms with Crippen LogP contribution in [0.4, 0.5) is 0 Å². The van der Waals surface area contributed by atoms with Crippen molar-refractivity contribution in [3.8, 4) is 11.5 Å². The maximum atomic E-state index is 9.35. The Morgan fingerprint density at radius 3 is 2.34 bits per heavy atom. The van der Waals surface area contributed by atoms with Crippen molar-refractivity contribution in [1.29, 1.82) is 0 Å². The minimum Gasteiger partial charge on any atom is -0.493 e. The lowest BCUT2D eigenvalue weighted by atomic mass is 9.94. The molecule has 0 saturated heterocycles. The number of aliphatic hydroxyl groups excluding tert-OH is 1. The van der Waals surface area contributed by atoms with E-state index in [1.807, 2.05) is 19.2 Å². The lowest BCUT2D eigenvalue weighted by Gasteiger charge is -2.25. The first-order valence-electron chi connectivity index (χ1n) is 10.2. The average Bonchev–Trinajstić information content (AvgIpc) is 2.65. The van der Waals surface area contributed by atoms with Crippen LogP contribution in [0.1, 0.15) is 44.7 Å². The van der Waals surface area contributed by atoms with Gasteiger partial charge in [0.15, 0.2) is 17.5 Å². The van der Waals surface area contributed by atoms with Crippen LogP contribution in [-0.2, 0) is 6.54 Å². The van der Waals surface area contributed by atoms with E-state index in [4.69, 9.17) is 14.5 Å². The van der Waals surface area contributed by atoms with Gasteiger partial charge in [-0.15, -0.1) is 24.0 Å². The smallest absolute Gasteiger partial charge is 0.193 e. The first kappa shape index (κ1) is 27.8. The largest absolute Gasteiger partial charge is 0.493 e. The van der Waals surface area contributed by atoms with Crippen molar-refractivity contribution >= 4 is 29.9 Å². The number of halogens is 1. The molecule has 6 nitrogen and oxygen atoms in total. The maximum absolute atomic E-state index is 9.35. The van der Waals surface area contributed by atoms with Gasteiger partial charge in [0.05, 0.1) is 14.2 Å². The lowest BCUT2D eigenvalue weighted by molar-refractivity contribution is 0.245. The molecule has 0 aliphatic rings. The number of nitrogens with zero attached hydrogens (tertiary/aromatic N) is 2. The highest BCUT2D eigenvalue weighted by Gasteiger charge is 2.14. The second kappa shape index (κ2) is 14.7. The first-order valence-corrected chi connectivity index (χ1v) is 10.2. The number of aliphatic imine (C=N–C) groups is 1. The molecular weight excluding hydrogens is 481 g/mol. The molecule has 1 aromatic carbocycles. The fourth-order valence-electron chi connectivity index (χ4n) is 3.34. The summed E-state index contributed by atoms with van der Waals surface area (Å²) in [5, 5.41) is 12.7. The van der Waals surface area contributed by atoms with Crippen molar-refractivity contribution < 1.29 is 14.6 Å².